The van der Waals surface area contributed by atoms with Crippen molar-refractivity contribution in [3.05, 3.63) is 0 Å². The second kappa shape index (κ2) is 8.52. The number of hydrogen-bond acceptors (Lipinski definition) is 2. The van der Waals surface area contributed by atoms with Crippen LogP contribution >= 0.6 is 0 Å². The molecule has 0 bridgehead atoms. The maximum Gasteiger partial charge on any atom is 0.220 e. The van der Waals surface area contributed by atoms with Gasteiger partial charge < -0.3 is 10.6 Å². The summed E-state index contributed by atoms with van der Waals surface area (Å²) in [5.41, 5.74) is 0. The van der Waals surface area contributed by atoms with Gasteiger partial charge in [-0.05, 0) is 50.1 Å². The molecule has 1 saturated heterocycles. The Morgan fingerprint density at radius 1 is 1.44 bits per heavy atom. The molecule has 0 saturated carbocycles. The molecular formula is C15H30N2O. The summed E-state index contributed by atoms with van der Waals surface area (Å²) in [4.78, 5) is 11.8. The van der Waals surface area contributed by atoms with Crippen molar-refractivity contribution < 1.29 is 4.79 Å². The van der Waals surface area contributed by atoms with E-state index in [2.05, 4.69) is 31.4 Å². The monoisotopic (exact) mass is 254 g/mol. The van der Waals surface area contributed by atoms with Crippen molar-refractivity contribution in [2.45, 2.75) is 52.9 Å². The Hall–Kier alpha value is -0.570. The molecule has 0 aromatic carbocycles. The highest BCUT2D eigenvalue weighted by Crippen LogP contribution is 2.18. The molecule has 0 aromatic rings. The van der Waals surface area contributed by atoms with Crippen molar-refractivity contribution in [3.63, 3.8) is 0 Å². The Labute approximate surface area is 112 Å². The lowest BCUT2D eigenvalue weighted by atomic mass is 9.90. The van der Waals surface area contributed by atoms with Gasteiger partial charge in [0.15, 0.2) is 0 Å². The summed E-state index contributed by atoms with van der Waals surface area (Å²) in [5.74, 6) is 2.12. The largest absolute Gasteiger partial charge is 0.356 e. The van der Waals surface area contributed by atoms with Gasteiger partial charge in [-0.15, -0.1) is 0 Å². The molecule has 2 unspecified atom stereocenters. The fraction of sp³-hybridized carbons (Fsp3) is 0.933. The second-order valence-corrected chi connectivity index (χ2v) is 5.97. The van der Waals surface area contributed by atoms with Gasteiger partial charge in [0.05, 0.1) is 0 Å². The van der Waals surface area contributed by atoms with E-state index in [1.165, 1.54) is 12.8 Å². The molecule has 1 amide bonds. The number of nitrogens with one attached hydrogen (secondary N) is 2. The number of carbonyl (C=O) groups is 1. The summed E-state index contributed by atoms with van der Waals surface area (Å²) >= 11 is 0. The van der Waals surface area contributed by atoms with Gasteiger partial charge in [-0.2, -0.15) is 0 Å². The van der Waals surface area contributed by atoms with E-state index in [0.717, 1.165) is 38.4 Å². The van der Waals surface area contributed by atoms with E-state index in [0.29, 0.717) is 18.3 Å². The fourth-order valence-electron chi connectivity index (χ4n) is 2.75. The first-order valence-corrected chi connectivity index (χ1v) is 7.60. The van der Waals surface area contributed by atoms with Crippen molar-refractivity contribution in [1.82, 2.24) is 10.6 Å². The minimum absolute atomic E-state index is 0.235. The number of carbonyl (C=O) groups excluding carboxylic acids is 1. The summed E-state index contributed by atoms with van der Waals surface area (Å²) in [6, 6.07) is 0. The van der Waals surface area contributed by atoms with E-state index in [1.54, 1.807) is 0 Å². The minimum atomic E-state index is 0.235. The van der Waals surface area contributed by atoms with Gasteiger partial charge in [-0.25, -0.2) is 0 Å². The Bertz CT molecular complexity index is 235. The van der Waals surface area contributed by atoms with Crippen LogP contribution in [-0.2, 0) is 4.79 Å². The normalized spacial score (nSPS) is 21.9. The van der Waals surface area contributed by atoms with Crippen LogP contribution in [0.4, 0.5) is 0 Å². The molecule has 2 atom stereocenters. The third-order valence-electron chi connectivity index (χ3n) is 4.19. The summed E-state index contributed by atoms with van der Waals surface area (Å²) in [6.07, 6.45) is 5.50. The predicted octanol–water partition coefficient (Wildman–Crippen LogP) is 2.56. The van der Waals surface area contributed by atoms with E-state index in [1.807, 2.05) is 0 Å². The molecule has 2 N–H and O–H groups in total. The lowest BCUT2D eigenvalue weighted by Gasteiger charge is -2.23. The van der Waals surface area contributed by atoms with Gasteiger partial charge in [0, 0.05) is 13.0 Å². The quantitative estimate of drug-likeness (QED) is 0.733. The first-order valence-electron chi connectivity index (χ1n) is 7.60. The molecule has 18 heavy (non-hydrogen) atoms. The first kappa shape index (κ1) is 15.5. The number of rotatable bonds is 7. The third-order valence-corrected chi connectivity index (χ3v) is 4.19. The zero-order chi connectivity index (χ0) is 13.4. The van der Waals surface area contributed by atoms with E-state index in [-0.39, 0.29) is 5.91 Å². The zero-order valence-corrected chi connectivity index (χ0v) is 12.3. The molecule has 1 aliphatic heterocycles. The summed E-state index contributed by atoms with van der Waals surface area (Å²) in [6.45, 7) is 9.71. The maximum absolute atomic E-state index is 11.8. The molecule has 3 heteroatoms. The molecule has 1 heterocycles. The highest BCUT2D eigenvalue weighted by atomic mass is 16.1. The Morgan fingerprint density at radius 3 is 2.78 bits per heavy atom. The van der Waals surface area contributed by atoms with Gasteiger partial charge >= 0.3 is 0 Å². The SMILES string of the molecule is CCC(CC(=O)NCCC1CCCNC1)C(C)C. The zero-order valence-electron chi connectivity index (χ0n) is 12.3. The van der Waals surface area contributed by atoms with Crippen LogP contribution in [-0.4, -0.2) is 25.5 Å². The summed E-state index contributed by atoms with van der Waals surface area (Å²) in [5, 5.41) is 6.50. The molecule has 0 aromatic heterocycles. The fourth-order valence-corrected chi connectivity index (χ4v) is 2.75. The van der Waals surface area contributed by atoms with E-state index < -0.39 is 0 Å². The van der Waals surface area contributed by atoms with Crippen LogP contribution in [0.1, 0.15) is 52.9 Å². The average molecular weight is 254 g/mol. The van der Waals surface area contributed by atoms with Gasteiger partial charge in [-0.3, -0.25) is 4.79 Å². The smallest absolute Gasteiger partial charge is 0.220 e. The molecule has 0 radical (unpaired) electrons. The van der Waals surface area contributed by atoms with E-state index in [4.69, 9.17) is 0 Å². The van der Waals surface area contributed by atoms with Gasteiger partial charge in [0.2, 0.25) is 5.91 Å². The van der Waals surface area contributed by atoms with Crippen molar-refractivity contribution in [1.29, 1.82) is 0 Å². The Kier molecular flexibility index (Phi) is 7.33. The molecule has 1 rings (SSSR count). The lowest BCUT2D eigenvalue weighted by Crippen LogP contribution is -2.33. The molecule has 0 spiro atoms. The third kappa shape index (κ3) is 5.85. The average Bonchev–Trinajstić information content (AvgIpc) is 2.37. The van der Waals surface area contributed by atoms with Gasteiger partial charge in [-0.1, -0.05) is 27.2 Å². The van der Waals surface area contributed by atoms with Crippen molar-refractivity contribution in [3.8, 4) is 0 Å². The minimum Gasteiger partial charge on any atom is -0.356 e. The Balaban J connectivity index is 2.12. The second-order valence-electron chi connectivity index (χ2n) is 5.97. The molecule has 1 fully saturated rings. The van der Waals surface area contributed by atoms with Crippen LogP contribution in [0.2, 0.25) is 0 Å². The highest BCUT2D eigenvalue weighted by Gasteiger charge is 2.16. The highest BCUT2D eigenvalue weighted by molar-refractivity contribution is 5.76. The number of piperidine rings is 1. The lowest BCUT2D eigenvalue weighted by molar-refractivity contribution is -0.122. The standard InChI is InChI=1S/C15H30N2O/c1-4-14(12(2)3)10-15(18)17-9-7-13-6-5-8-16-11-13/h12-14,16H,4-11H2,1-3H3,(H,17,18). The Morgan fingerprint density at radius 2 is 2.22 bits per heavy atom. The van der Waals surface area contributed by atoms with E-state index in [9.17, 15) is 4.79 Å². The molecule has 0 aliphatic carbocycles. The van der Waals surface area contributed by atoms with E-state index >= 15 is 0 Å². The van der Waals surface area contributed by atoms with Crippen molar-refractivity contribution in [2.75, 3.05) is 19.6 Å². The van der Waals surface area contributed by atoms with Crippen LogP contribution in [0.25, 0.3) is 0 Å². The summed E-state index contributed by atoms with van der Waals surface area (Å²) in [7, 11) is 0. The first-order chi connectivity index (χ1) is 8.63. The van der Waals surface area contributed by atoms with Gasteiger partial charge in [0.25, 0.3) is 0 Å². The van der Waals surface area contributed by atoms with Crippen LogP contribution in [0, 0.1) is 17.8 Å². The molecule has 106 valence electrons. The van der Waals surface area contributed by atoms with Crippen LogP contribution in [0.5, 0.6) is 0 Å². The molecular weight excluding hydrogens is 224 g/mol. The van der Waals surface area contributed by atoms with Crippen LogP contribution < -0.4 is 10.6 Å². The number of amides is 1. The predicted molar refractivity (Wildman–Crippen MR) is 76.5 cm³/mol. The maximum atomic E-state index is 11.8. The van der Waals surface area contributed by atoms with Gasteiger partial charge in [0.1, 0.15) is 0 Å². The van der Waals surface area contributed by atoms with Crippen LogP contribution in [0.3, 0.4) is 0 Å². The molecule has 1 aliphatic rings. The topological polar surface area (TPSA) is 41.1 Å². The van der Waals surface area contributed by atoms with Crippen molar-refractivity contribution >= 4 is 5.91 Å². The van der Waals surface area contributed by atoms with Crippen LogP contribution in [0.15, 0.2) is 0 Å². The van der Waals surface area contributed by atoms with Crippen molar-refractivity contribution in [2.24, 2.45) is 17.8 Å². The number of hydrogen-bond donors (Lipinski definition) is 2. The summed E-state index contributed by atoms with van der Waals surface area (Å²) < 4.78 is 0. The molecule has 3 nitrogen and oxygen atoms in total.